The maximum atomic E-state index is 3.53. The van der Waals surface area contributed by atoms with Crippen molar-refractivity contribution in [3.8, 4) is 0 Å². The van der Waals surface area contributed by atoms with Gasteiger partial charge in [-0.05, 0) is 40.6 Å². The summed E-state index contributed by atoms with van der Waals surface area (Å²) >= 11 is 0. The molecule has 0 aliphatic heterocycles. The van der Waals surface area contributed by atoms with Gasteiger partial charge < -0.3 is 4.98 Å². The smallest absolute Gasteiger partial charge is 0.0471 e. The Balaban J connectivity index is 0.000000704. The second-order valence-electron chi connectivity index (χ2n) is 6.04. The molecule has 0 radical (unpaired) electrons. The second kappa shape index (κ2) is 5.68. The minimum atomic E-state index is 1.20. The first-order valence-electron chi connectivity index (χ1n) is 8.64. The Morgan fingerprint density at radius 1 is 0.625 bits per heavy atom. The summed E-state index contributed by atoms with van der Waals surface area (Å²) in [5.74, 6) is 0. The number of rotatable bonds is 0. The van der Waals surface area contributed by atoms with Crippen molar-refractivity contribution < 1.29 is 0 Å². The molecule has 5 aromatic rings. The molecule has 24 heavy (non-hydrogen) atoms. The molecule has 0 spiro atoms. The molecule has 0 saturated heterocycles. The summed E-state index contributed by atoms with van der Waals surface area (Å²) < 4.78 is 0. The van der Waals surface area contributed by atoms with Crippen LogP contribution >= 0.6 is 0 Å². The maximum Gasteiger partial charge on any atom is 0.0471 e. The molecule has 0 amide bonds. The van der Waals surface area contributed by atoms with Crippen molar-refractivity contribution >= 4 is 43.4 Å². The highest BCUT2D eigenvalue weighted by Gasteiger charge is 2.09. The topological polar surface area (TPSA) is 15.8 Å². The highest BCUT2D eigenvalue weighted by Crippen LogP contribution is 2.35. The van der Waals surface area contributed by atoms with Gasteiger partial charge in [0.05, 0.1) is 0 Å². The number of H-pyrrole nitrogens is 1. The van der Waals surface area contributed by atoms with E-state index in [1.807, 2.05) is 13.8 Å². The molecule has 1 aromatic heterocycles. The van der Waals surface area contributed by atoms with Crippen LogP contribution in [0, 0.1) is 6.92 Å². The lowest BCUT2D eigenvalue weighted by Gasteiger charge is -2.06. The first-order chi connectivity index (χ1) is 11.8. The molecule has 1 heteroatoms. The van der Waals surface area contributed by atoms with E-state index >= 15 is 0 Å². The predicted octanol–water partition coefficient (Wildman–Crippen LogP) is 6.96. The summed E-state index contributed by atoms with van der Waals surface area (Å²) in [4.78, 5) is 3.53. The lowest BCUT2D eigenvalue weighted by molar-refractivity contribution is 1.50. The standard InChI is InChI=1S/C21H15N.C2H6/c1-13-6-8-15-14(12-13)7-9-17-16(15)10-11-20-21(17)18-4-2-3-5-19(18)22-20;1-2/h2-12,22H,1H3;1-2H3. The summed E-state index contributed by atoms with van der Waals surface area (Å²) in [5, 5.41) is 7.92. The van der Waals surface area contributed by atoms with E-state index in [2.05, 4.69) is 78.6 Å². The van der Waals surface area contributed by atoms with E-state index in [1.54, 1.807) is 0 Å². The van der Waals surface area contributed by atoms with Crippen LogP contribution in [-0.4, -0.2) is 4.98 Å². The Kier molecular flexibility index (Phi) is 3.50. The Morgan fingerprint density at radius 2 is 1.38 bits per heavy atom. The molecule has 118 valence electrons. The number of fused-ring (bicyclic) bond motifs is 7. The van der Waals surface area contributed by atoms with E-state index in [-0.39, 0.29) is 0 Å². The Labute approximate surface area is 141 Å². The van der Waals surface area contributed by atoms with Crippen molar-refractivity contribution in [2.24, 2.45) is 0 Å². The minimum Gasteiger partial charge on any atom is -0.354 e. The molecule has 0 atom stereocenters. The van der Waals surface area contributed by atoms with Crippen molar-refractivity contribution in [3.05, 3.63) is 72.3 Å². The van der Waals surface area contributed by atoms with Gasteiger partial charge in [-0.3, -0.25) is 0 Å². The van der Waals surface area contributed by atoms with Crippen molar-refractivity contribution in [1.82, 2.24) is 4.98 Å². The number of nitrogens with one attached hydrogen (secondary N) is 1. The van der Waals surface area contributed by atoms with Crippen molar-refractivity contribution in [3.63, 3.8) is 0 Å². The van der Waals surface area contributed by atoms with Gasteiger partial charge in [0.2, 0.25) is 0 Å². The number of hydrogen-bond acceptors (Lipinski definition) is 0. The first-order valence-corrected chi connectivity index (χ1v) is 8.64. The predicted molar refractivity (Wildman–Crippen MR) is 107 cm³/mol. The third kappa shape index (κ3) is 2.09. The average Bonchev–Trinajstić information content (AvgIpc) is 3.01. The van der Waals surface area contributed by atoms with E-state index in [0.717, 1.165) is 0 Å². The van der Waals surface area contributed by atoms with Crippen molar-refractivity contribution in [1.29, 1.82) is 0 Å². The van der Waals surface area contributed by atoms with Gasteiger partial charge in [0, 0.05) is 21.8 Å². The number of aryl methyl sites for hydroxylation is 1. The monoisotopic (exact) mass is 311 g/mol. The average molecular weight is 311 g/mol. The van der Waals surface area contributed by atoms with Gasteiger partial charge in [-0.2, -0.15) is 0 Å². The molecule has 5 rings (SSSR count). The first kappa shape index (κ1) is 14.8. The Bertz CT molecular complexity index is 1180. The van der Waals surface area contributed by atoms with Crippen LogP contribution in [0.1, 0.15) is 19.4 Å². The zero-order valence-electron chi connectivity index (χ0n) is 14.4. The van der Waals surface area contributed by atoms with Crippen LogP contribution in [-0.2, 0) is 0 Å². The maximum absolute atomic E-state index is 3.53. The molecule has 0 unspecified atom stereocenters. The molecule has 1 N–H and O–H groups in total. The van der Waals surface area contributed by atoms with E-state index in [9.17, 15) is 0 Å². The molecule has 1 heterocycles. The van der Waals surface area contributed by atoms with Crippen LogP contribution in [0.4, 0.5) is 0 Å². The highest BCUT2D eigenvalue weighted by molar-refractivity contribution is 6.24. The van der Waals surface area contributed by atoms with E-state index in [1.165, 1.54) is 48.9 Å². The molecule has 0 aliphatic rings. The highest BCUT2D eigenvalue weighted by atomic mass is 14.7. The van der Waals surface area contributed by atoms with Gasteiger partial charge in [-0.15, -0.1) is 0 Å². The fourth-order valence-electron chi connectivity index (χ4n) is 3.62. The molecule has 0 fully saturated rings. The molecule has 1 nitrogen and oxygen atoms in total. The van der Waals surface area contributed by atoms with Crippen LogP contribution in [0.15, 0.2) is 66.7 Å². The Hall–Kier alpha value is -2.80. The molecular weight excluding hydrogens is 290 g/mol. The second-order valence-corrected chi connectivity index (χ2v) is 6.04. The van der Waals surface area contributed by atoms with E-state index in [4.69, 9.17) is 0 Å². The van der Waals surface area contributed by atoms with Crippen LogP contribution in [0.25, 0.3) is 43.4 Å². The number of para-hydroxylation sites is 1. The zero-order chi connectivity index (χ0) is 16.7. The summed E-state index contributed by atoms with van der Waals surface area (Å²) in [5.41, 5.74) is 3.72. The SMILES string of the molecule is CC.Cc1ccc2c(ccc3c2ccc2[nH]c4ccccc4c23)c1. The molecule has 0 bridgehead atoms. The van der Waals surface area contributed by atoms with Crippen LogP contribution in [0.2, 0.25) is 0 Å². The summed E-state index contributed by atoms with van der Waals surface area (Å²) in [6.45, 7) is 6.15. The van der Waals surface area contributed by atoms with Crippen LogP contribution < -0.4 is 0 Å². The molecular formula is C23H21N. The number of benzene rings is 4. The lowest BCUT2D eigenvalue weighted by atomic mass is 9.97. The fourth-order valence-corrected chi connectivity index (χ4v) is 3.62. The van der Waals surface area contributed by atoms with Gasteiger partial charge in [-0.25, -0.2) is 0 Å². The zero-order valence-corrected chi connectivity index (χ0v) is 14.4. The lowest BCUT2D eigenvalue weighted by Crippen LogP contribution is -1.80. The number of aromatic amines is 1. The normalized spacial score (nSPS) is 11.1. The van der Waals surface area contributed by atoms with Gasteiger partial charge in [0.15, 0.2) is 0 Å². The van der Waals surface area contributed by atoms with Crippen molar-refractivity contribution in [2.75, 3.05) is 0 Å². The largest absolute Gasteiger partial charge is 0.354 e. The molecule has 0 aliphatic carbocycles. The summed E-state index contributed by atoms with van der Waals surface area (Å²) in [6, 6.07) is 24.2. The van der Waals surface area contributed by atoms with Crippen LogP contribution in [0.3, 0.4) is 0 Å². The third-order valence-electron chi connectivity index (χ3n) is 4.64. The van der Waals surface area contributed by atoms with Gasteiger partial charge in [-0.1, -0.05) is 74.0 Å². The van der Waals surface area contributed by atoms with Crippen LogP contribution in [0.5, 0.6) is 0 Å². The molecule has 4 aromatic carbocycles. The minimum absolute atomic E-state index is 1.20. The third-order valence-corrected chi connectivity index (χ3v) is 4.64. The quantitative estimate of drug-likeness (QED) is 0.297. The number of hydrogen-bond donors (Lipinski definition) is 1. The number of aromatic nitrogens is 1. The summed E-state index contributed by atoms with van der Waals surface area (Å²) in [7, 11) is 0. The Morgan fingerprint density at radius 3 is 2.25 bits per heavy atom. The van der Waals surface area contributed by atoms with Crippen molar-refractivity contribution in [2.45, 2.75) is 20.8 Å². The van der Waals surface area contributed by atoms with Gasteiger partial charge in [0.1, 0.15) is 0 Å². The van der Waals surface area contributed by atoms with Gasteiger partial charge >= 0.3 is 0 Å². The van der Waals surface area contributed by atoms with E-state index < -0.39 is 0 Å². The van der Waals surface area contributed by atoms with Gasteiger partial charge in [0.25, 0.3) is 0 Å². The molecule has 0 saturated carbocycles. The van der Waals surface area contributed by atoms with E-state index in [0.29, 0.717) is 0 Å². The summed E-state index contributed by atoms with van der Waals surface area (Å²) in [6.07, 6.45) is 0. The fraction of sp³-hybridized carbons (Fsp3) is 0.130.